The van der Waals surface area contributed by atoms with E-state index < -0.39 is 0 Å². The summed E-state index contributed by atoms with van der Waals surface area (Å²) in [6.45, 7) is 4.27. The second-order valence-corrected chi connectivity index (χ2v) is 5.61. The first-order valence-electron chi connectivity index (χ1n) is 7.54. The Morgan fingerprint density at radius 3 is 2.86 bits per heavy atom. The number of oxazole rings is 1. The average Bonchev–Trinajstić information content (AvgIpc) is 3.08. The number of benzene rings is 1. The van der Waals surface area contributed by atoms with Gasteiger partial charge in [-0.2, -0.15) is 0 Å². The van der Waals surface area contributed by atoms with Crippen LogP contribution in [0.1, 0.15) is 34.6 Å². The van der Waals surface area contributed by atoms with Crippen molar-refractivity contribution in [3.63, 3.8) is 0 Å². The van der Waals surface area contributed by atoms with Crippen LogP contribution in [0.3, 0.4) is 0 Å². The third-order valence-electron chi connectivity index (χ3n) is 3.88. The first-order valence-corrected chi connectivity index (χ1v) is 7.54. The fourth-order valence-electron chi connectivity index (χ4n) is 2.72. The summed E-state index contributed by atoms with van der Waals surface area (Å²) < 4.78 is 11.4. The number of carbonyl (C=O) groups excluding carboxylic acids is 1. The summed E-state index contributed by atoms with van der Waals surface area (Å²) in [4.78, 5) is 18.4. The molecule has 1 atom stereocenters. The highest BCUT2D eigenvalue weighted by atomic mass is 16.5. The van der Waals surface area contributed by atoms with Gasteiger partial charge in [0, 0.05) is 19.9 Å². The van der Waals surface area contributed by atoms with Crippen LogP contribution in [0.5, 0.6) is 5.75 Å². The summed E-state index contributed by atoms with van der Waals surface area (Å²) in [5.74, 6) is 1.69. The van der Waals surface area contributed by atoms with Crippen LogP contribution < -0.4 is 4.74 Å². The molecule has 2 heterocycles. The molecular formula is C17H20N2O3. The van der Waals surface area contributed by atoms with E-state index in [9.17, 15) is 4.79 Å². The minimum absolute atomic E-state index is 0.0137. The molecule has 2 aromatic rings. The van der Waals surface area contributed by atoms with Crippen molar-refractivity contribution in [2.24, 2.45) is 0 Å². The van der Waals surface area contributed by atoms with Gasteiger partial charge in [-0.05, 0) is 18.6 Å². The molecule has 0 saturated heterocycles. The summed E-state index contributed by atoms with van der Waals surface area (Å²) in [6.07, 6.45) is 1.49. The lowest BCUT2D eigenvalue weighted by Gasteiger charge is -2.20. The van der Waals surface area contributed by atoms with Crippen LogP contribution in [0.15, 0.2) is 28.7 Å². The smallest absolute Gasteiger partial charge is 0.291 e. The van der Waals surface area contributed by atoms with Gasteiger partial charge in [-0.25, -0.2) is 4.98 Å². The summed E-state index contributed by atoms with van der Waals surface area (Å²) >= 11 is 0. The van der Waals surface area contributed by atoms with Crippen molar-refractivity contribution in [1.82, 2.24) is 9.88 Å². The molecule has 1 aromatic heterocycles. The van der Waals surface area contributed by atoms with E-state index in [2.05, 4.69) is 11.1 Å². The lowest BCUT2D eigenvalue weighted by Crippen LogP contribution is -2.36. The van der Waals surface area contributed by atoms with E-state index in [1.54, 1.807) is 18.9 Å². The highest BCUT2D eigenvalue weighted by Crippen LogP contribution is 2.28. The van der Waals surface area contributed by atoms with Gasteiger partial charge in [-0.1, -0.05) is 25.1 Å². The highest BCUT2D eigenvalue weighted by molar-refractivity contribution is 5.92. The number of likely N-dealkylation sites (N-methyl/N-ethyl adjacent to an activating group) is 1. The van der Waals surface area contributed by atoms with Gasteiger partial charge in [0.1, 0.15) is 11.9 Å². The maximum Gasteiger partial charge on any atom is 0.291 e. The predicted octanol–water partition coefficient (Wildman–Crippen LogP) is 2.62. The van der Waals surface area contributed by atoms with Crippen LogP contribution in [-0.2, 0) is 12.8 Å². The Balaban J connectivity index is 1.66. The summed E-state index contributed by atoms with van der Waals surface area (Å²) in [5, 5.41) is 0. The number of para-hydroxylation sites is 1. The van der Waals surface area contributed by atoms with E-state index in [-0.39, 0.29) is 12.0 Å². The number of carbonyl (C=O) groups is 1. The highest BCUT2D eigenvalue weighted by Gasteiger charge is 2.27. The maximum atomic E-state index is 12.5. The van der Waals surface area contributed by atoms with E-state index >= 15 is 0 Å². The first kappa shape index (κ1) is 14.6. The lowest BCUT2D eigenvalue weighted by atomic mass is 10.1. The molecule has 116 valence electrons. The fraction of sp³-hybridized carbons (Fsp3) is 0.412. The molecule has 0 unspecified atom stereocenters. The van der Waals surface area contributed by atoms with Crippen molar-refractivity contribution in [3.05, 3.63) is 47.2 Å². The molecule has 3 rings (SSSR count). The van der Waals surface area contributed by atoms with Crippen molar-refractivity contribution in [1.29, 1.82) is 0 Å². The van der Waals surface area contributed by atoms with Crippen LogP contribution in [0.25, 0.3) is 0 Å². The lowest BCUT2D eigenvalue weighted by molar-refractivity contribution is 0.0697. The molecular weight excluding hydrogens is 280 g/mol. The summed E-state index contributed by atoms with van der Waals surface area (Å²) in [5.41, 5.74) is 1.83. The van der Waals surface area contributed by atoms with Crippen molar-refractivity contribution >= 4 is 5.91 Å². The predicted molar refractivity (Wildman–Crippen MR) is 82.1 cm³/mol. The zero-order valence-electron chi connectivity index (χ0n) is 13.1. The fourth-order valence-corrected chi connectivity index (χ4v) is 2.72. The molecule has 0 bridgehead atoms. The average molecular weight is 300 g/mol. The van der Waals surface area contributed by atoms with E-state index in [0.29, 0.717) is 30.3 Å². The van der Waals surface area contributed by atoms with Crippen molar-refractivity contribution < 1.29 is 13.9 Å². The topological polar surface area (TPSA) is 55.6 Å². The van der Waals surface area contributed by atoms with E-state index in [4.69, 9.17) is 9.15 Å². The van der Waals surface area contributed by atoms with Gasteiger partial charge in [-0.3, -0.25) is 4.79 Å². The van der Waals surface area contributed by atoms with Gasteiger partial charge in [-0.15, -0.1) is 0 Å². The van der Waals surface area contributed by atoms with Crippen LogP contribution in [0.2, 0.25) is 0 Å². The van der Waals surface area contributed by atoms with E-state index in [1.165, 1.54) is 5.56 Å². The Bertz CT molecular complexity index is 668. The van der Waals surface area contributed by atoms with Gasteiger partial charge in [0.2, 0.25) is 5.76 Å². The molecule has 0 saturated carbocycles. The number of hydrogen-bond acceptors (Lipinski definition) is 4. The third kappa shape index (κ3) is 2.71. The minimum Gasteiger partial charge on any atom is -0.488 e. The van der Waals surface area contributed by atoms with E-state index in [1.807, 2.05) is 25.1 Å². The summed E-state index contributed by atoms with van der Waals surface area (Å²) in [7, 11) is 1.77. The molecule has 22 heavy (non-hydrogen) atoms. The third-order valence-corrected chi connectivity index (χ3v) is 3.88. The van der Waals surface area contributed by atoms with Gasteiger partial charge >= 0.3 is 0 Å². The normalized spacial score (nSPS) is 16.2. The van der Waals surface area contributed by atoms with Gasteiger partial charge in [0.05, 0.1) is 12.2 Å². The number of aromatic nitrogens is 1. The Labute approximate surface area is 129 Å². The van der Waals surface area contributed by atoms with Crippen LogP contribution in [0.4, 0.5) is 0 Å². The second kappa shape index (κ2) is 5.83. The molecule has 1 aromatic carbocycles. The molecule has 0 radical (unpaired) electrons. The van der Waals surface area contributed by atoms with Crippen LogP contribution >= 0.6 is 0 Å². The Morgan fingerprint density at radius 2 is 2.18 bits per heavy atom. The monoisotopic (exact) mass is 300 g/mol. The molecule has 1 aliphatic rings. The maximum absolute atomic E-state index is 12.5. The Morgan fingerprint density at radius 1 is 1.41 bits per heavy atom. The first-order chi connectivity index (χ1) is 10.6. The number of hydrogen-bond donors (Lipinski definition) is 0. The molecule has 5 heteroatoms. The van der Waals surface area contributed by atoms with Crippen molar-refractivity contribution in [2.45, 2.75) is 32.8 Å². The zero-order chi connectivity index (χ0) is 15.7. The quantitative estimate of drug-likeness (QED) is 0.871. The number of fused-ring (bicyclic) bond motifs is 1. The number of nitrogens with zero attached hydrogens (tertiary/aromatic N) is 2. The zero-order valence-corrected chi connectivity index (χ0v) is 13.1. The van der Waals surface area contributed by atoms with Crippen molar-refractivity contribution in [3.8, 4) is 5.75 Å². The molecule has 0 aliphatic carbocycles. The molecule has 1 aliphatic heterocycles. The van der Waals surface area contributed by atoms with E-state index in [0.717, 1.165) is 12.2 Å². The second-order valence-electron chi connectivity index (χ2n) is 5.61. The standard InChI is InChI=1S/C17H20N2O3/c1-4-15-18-11(2)16(22-15)17(20)19(3)10-13-9-12-7-5-6-8-14(12)21-13/h5-8,13H,4,9-10H2,1-3H3/t13-/m1/s1. The number of rotatable bonds is 4. The van der Waals surface area contributed by atoms with Gasteiger partial charge < -0.3 is 14.1 Å². The van der Waals surface area contributed by atoms with Crippen LogP contribution in [-0.4, -0.2) is 35.5 Å². The SMILES string of the molecule is CCc1nc(C)c(C(=O)N(C)C[C@H]2Cc3ccccc3O2)o1. The molecule has 0 fully saturated rings. The Hall–Kier alpha value is -2.30. The van der Waals surface area contributed by atoms with Crippen LogP contribution in [0, 0.1) is 6.92 Å². The number of amides is 1. The van der Waals surface area contributed by atoms with Gasteiger partial charge in [0.25, 0.3) is 5.91 Å². The van der Waals surface area contributed by atoms with Gasteiger partial charge in [0.15, 0.2) is 5.89 Å². The number of ether oxygens (including phenoxy) is 1. The Kier molecular flexibility index (Phi) is 3.88. The largest absolute Gasteiger partial charge is 0.488 e. The van der Waals surface area contributed by atoms with Crippen molar-refractivity contribution in [2.75, 3.05) is 13.6 Å². The molecule has 1 amide bonds. The molecule has 0 N–H and O–H groups in total. The molecule has 5 nitrogen and oxygen atoms in total. The molecule has 0 spiro atoms. The minimum atomic E-state index is -0.149. The number of aryl methyl sites for hydroxylation is 2. The summed E-state index contributed by atoms with van der Waals surface area (Å²) in [6, 6.07) is 7.99.